The fourth-order valence-corrected chi connectivity index (χ4v) is 4.46. The molecule has 4 nitrogen and oxygen atoms in total. The van der Waals surface area contributed by atoms with Gasteiger partial charge in [0.05, 0.1) is 0 Å². The molecule has 0 aromatic carbocycles. The van der Waals surface area contributed by atoms with Crippen molar-refractivity contribution in [3.8, 4) is 0 Å². The first-order valence-corrected chi connectivity index (χ1v) is 8.38. The predicted octanol–water partition coefficient (Wildman–Crippen LogP) is 3.12. The molecule has 4 heteroatoms. The zero-order chi connectivity index (χ0) is 15.0. The molecule has 1 N–H and O–H groups in total. The van der Waals surface area contributed by atoms with Crippen molar-refractivity contribution >= 4 is 11.7 Å². The number of aliphatic hydroxyl groups is 1. The molecule has 2 saturated carbocycles. The van der Waals surface area contributed by atoms with Crippen LogP contribution in [0.4, 0.5) is 0 Å². The van der Waals surface area contributed by atoms with E-state index in [1.807, 2.05) is 4.90 Å². The van der Waals surface area contributed by atoms with Gasteiger partial charge in [-0.15, -0.1) is 0 Å². The van der Waals surface area contributed by atoms with E-state index < -0.39 is 0 Å². The largest absolute Gasteiger partial charge is 0.511 e. The molecule has 116 valence electrons. The minimum absolute atomic E-state index is 0.0164. The third-order valence-electron chi connectivity index (χ3n) is 5.46. The molecule has 0 aromatic heterocycles. The van der Waals surface area contributed by atoms with E-state index in [1.54, 1.807) is 0 Å². The Morgan fingerprint density at radius 3 is 2.33 bits per heavy atom. The highest BCUT2D eigenvalue weighted by molar-refractivity contribution is 6.19. The highest BCUT2D eigenvalue weighted by Gasteiger charge is 2.46. The Morgan fingerprint density at radius 2 is 1.67 bits per heavy atom. The molecule has 3 aliphatic rings. The molecule has 2 aliphatic carbocycles. The van der Waals surface area contributed by atoms with Gasteiger partial charge in [-0.05, 0) is 32.6 Å². The van der Waals surface area contributed by atoms with Crippen LogP contribution in [0.1, 0.15) is 64.7 Å². The van der Waals surface area contributed by atoms with Crippen molar-refractivity contribution < 1.29 is 14.7 Å². The van der Waals surface area contributed by atoms with Crippen LogP contribution >= 0.6 is 0 Å². The second-order valence-corrected chi connectivity index (χ2v) is 6.78. The van der Waals surface area contributed by atoms with Gasteiger partial charge < -0.3 is 10.0 Å². The van der Waals surface area contributed by atoms with E-state index in [0.717, 1.165) is 51.4 Å². The number of amides is 1. The van der Waals surface area contributed by atoms with Crippen LogP contribution < -0.4 is 0 Å². The average molecular weight is 291 g/mol. The van der Waals surface area contributed by atoms with Gasteiger partial charge in [-0.3, -0.25) is 9.59 Å². The molecule has 2 fully saturated rings. The molecule has 1 amide bonds. The summed E-state index contributed by atoms with van der Waals surface area (Å²) in [7, 11) is 0. The van der Waals surface area contributed by atoms with Gasteiger partial charge >= 0.3 is 0 Å². The summed E-state index contributed by atoms with van der Waals surface area (Å²) in [6, 6.07) is 0.372. The quantitative estimate of drug-likeness (QED) is 0.795. The number of hydrogen-bond donors (Lipinski definition) is 1. The fraction of sp³-hybridized carbons (Fsp3) is 0.765. The van der Waals surface area contributed by atoms with Crippen molar-refractivity contribution in [3.63, 3.8) is 0 Å². The summed E-state index contributed by atoms with van der Waals surface area (Å²) in [6.07, 6.45) is 9.69. The van der Waals surface area contributed by atoms with E-state index in [2.05, 4.69) is 0 Å². The molecule has 0 radical (unpaired) electrons. The lowest BCUT2D eigenvalue weighted by Crippen LogP contribution is -2.56. The Balaban J connectivity index is 1.98. The maximum absolute atomic E-state index is 12.8. The van der Waals surface area contributed by atoms with Crippen molar-refractivity contribution in [2.24, 2.45) is 5.92 Å². The molecule has 2 unspecified atom stereocenters. The molecule has 0 saturated heterocycles. The van der Waals surface area contributed by atoms with E-state index >= 15 is 0 Å². The normalized spacial score (nSPS) is 31.3. The topological polar surface area (TPSA) is 57.6 Å². The number of rotatable bonds is 2. The zero-order valence-corrected chi connectivity index (χ0v) is 12.8. The summed E-state index contributed by atoms with van der Waals surface area (Å²) < 4.78 is 0. The maximum Gasteiger partial charge on any atom is 0.261 e. The van der Waals surface area contributed by atoms with E-state index in [4.69, 9.17) is 0 Å². The molecular formula is C17H25NO3. The first-order valence-electron chi connectivity index (χ1n) is 8.38. The van der Waals surface area contributed by atoms with Crippen LogP contribution in [0.3, 0.4) is 0 Å². The lowest BCUT2D eigenvalue weighted by molar-refractivity contribution is -0.139. The van der Waals surface area contributed by atoms with Crippen LogP contribution in [0.2, 0.25) is 0 Å². The van der Waals surface area contributed by atoms with Crippen molar-refractivity contribution in [1.82, 2.24) is 4.90 Å². The van der Waals surface area contributed by atoms with Crippen LogP contribution in [0.15, 0.2) is 11.3 Å². The SMILES string of the molecule is CC(=O)C1=C(O)C2CCCCC2N(C2CCCCC2)C1=O. The first-order chi connectivity index (χ1) is 10.1. The third-order valence-corrected chi connectivity index (χ3v) is 5.46. The summed E-state index contributed by atoms with van der Waals surface area (Å²) in [6.45, 7) is 1.39. The molecule has 3 rings (SSSR count). The minimum atomic E-state index is -0.290. The molecule has 2 atom stereocenters. The number of carbonyl (C=O) groups is 2. The molecule has 0 spiro atoms. The van der Waals surface area contributed by atoms with Gasteiger partial charge in [0.25, 0.3) is 5.91 Å². The number of ketones is 1. The smallest absolute Gasteiger partial charge is 0.261 e. The van der Waals surface area contributed by atoms with Crippen molar-refractivity contribution in [2.75, 3.05) is 0 Å². The lowest BCUT2D eigenvalue weighted by atomic mass is 9.76. The number of hydrogen-bond acceptors (Lipinski definition) is 3. The Morgan fingerprint density at radius 1 is 1.05 bits per heavy atom. The monoisotopic (exact) mass is 291 g/mol. The van der Waals surface area contributed by atoms with E-state index in [-0.39, 0.29) is 41.0 Å². The highest BCUT2D eigenvalue weighted by atomic mass is 16.3. The predicted molar refractivity (Wildman–Crippen MR) is 79.8 cm³/mol. The second-order valence-electron chi connectivity index (χ2n) is 6.78. The van der Waals surface area contributed by atoms with Crippen molar-refractivity contribution in [3.05, 3.63) is 11.3 Å². The van der Waals surface area contributed by atoms with Crippen LogP contribution in [-0.4, -0.2) is 33.8 Å². The van der Waals surface area contributed by atoms with E-state index in [1.165, 1.54) is 13.3 Å². The Kier molecular flexibility index (Phi) is 4.05. The zero-order valence-electron chi connectivity index (χ0n) is 12.8. The number of nitrogens with zero attached hydrogens (tertiary/aromatic N) is 1. The van der Waals surface area contributed by atoms with Crippen molar-refractivity contribution in [1.29, 1.82) is 0 Å². The summed E-state index contributed by atoms with van der Waals surface area (Å²) in [4.78, 5) is 26.7. The Labute approximate surface area is 126 Å². The van der Waals surface area contributed by atoms with Gasteiger partial charge in [0.2, 0.25) is 0 Å². The van der Waals surface area contributed by atoms with Gasteiger partial charge in [0.1, 0.15) is 11.3 Å². The van der Waals surface area contributed by atoms with E-state index in [9.17, 15) is 14.7 Å². The molecule has 1 heterocycles. The minimum Gasteiger partial charge on any atom is -0.511 e. The fourth-order valence-electron chi connectivity index (χ4n) is 4.46. The highest BCUT2D eigenvalue weighted by Crippen LogP contribution is 2.41. The van der Waals surface area contributed by atoms with Gasteiger partial charge in [-0.2, -0.15) is 0 Å². The molecule has 21 heavy (non-hydrogen) atoms. The van der Waals surface area contributed by atoms with Crippen LogP contribution in [0, 0.1) is 5.92 Å². The van der Waals surface area contributed by atoms with E-state index in [0.29, 0.717) is 0 Å². The summed E-state index contributed by atoms with van der Waals surface area (Å²) >= 11 is 0. The van der Waals surface area contributed by atoms with Crippen LogP contribution in [-0.2, 0) is 9.59 Å². The molecule has 0 aromatic rings. The van der Waals surface area contributed by atoms with Crippen LogP contribution in [0.5, 0.6) is 0 Å². The van der Waals surface area contributed by atoms with Gasteiger partial charge in [-0.1, -0.05) is 32.1 Å². The summed E-state index contributed by atoms with van der Waals surface area (Å²) in [5, 5.41) is 10.4. The summed E-state index contributed by atoms with van der Waals surface area (Å²) in [5.74, 6) is -0.445. The van der Waals surface area contributed by atoms with Gasteiger partial charge in [0.15, 0.2) is 5.78 Å². The van der Waals surface area contributed by atoms with Crippen molar-refractivity contribution in [2.45, 2.75) is 76.8 Å². The Hall–Kier alpha value is -1.32. The third kappa shape index (κ3) is 2.49. The number of fused-ring (bicyclic) bond motifs is 1. The second kappa shape index (κ2) is 5.82. The standard InChI is InChI=1S/C17H25NO3/c1-11(19)15-16(20)13-9-5-6-10-14(13)18(17(15)21)12-7-3-2-4-8-12/h12-14,20H,2-10H2,1H3. The average Bonchev–Trinajstić information content (AvgIpc) is 2.48. The maximum atomic E-state index is 12.8. The first kappa shape index (κ1) is 14.6. The number of Topliss-reactive ketones (excluding diaryl/α,β-unsaturated/α-hetero) is 1. The molecule has 0 bridgehead atoms. The molecular weight excluding hydrogens is 266 g/mol. The van der Waals surface area contributed by atoms with Crippen LogP contribution in [0.25, 0.3) is 0 Å². The molecule has 1 aliphatic heterocycles. The number of carbonyl (C=O) groups excluding carboxylic acids is 2. The van der Waals surface area contributed by atoms with Gasteiger partial charge in [-0.25, -0.2) is 0 Å². The summed E-state index contributed by atoms with van der Waals surface area (Å²) in [5.41, 5.74) is 0.0590. The lowest BCUT2D eigenvalue weighted by Gasteiger charge is -2.48. The van der Waals surface area contributed by atoms with Gasteiger partial charge in [0, 0.05) is 18.0 Å². The Bertz CT molecular complexity index is 476. The number of aliphatic hydroxyl groups excluding tert-OH is 1.